The Labute approximate surface area is 181 Å². The van der Waals surface area contributed by atoms with Gasteiger partial charge in [0, 0.05) is 16.0 Å². The summed E-state index contributed by atoms with van der Waals surface area (Å²) in [5, 5.41) is 0.705. The summed E-state index contributed by atoms with van der Waals surface area (Å²) in [4.78, 5) is 24.1. The Morgan fingerprint density at radius 1 is 1.11 bits per heavy atom. The van der Waals surface area contributed by atoms with Gasteiger partial charge in [0.2, 0.25) is 0 Å². The van der Waals surface area contributed by atoms with Gasteiger partial charge in [-0.1, -0.05) is 42.5 Å². The van der Waals surface area contributed by atoms with E-state index in [0.29, 0.717) is 17.2 Å². The first kappa shape index (κ1) is 19.0. The molecule has 0 saturated heterocycles. The summed E-state index contributed by atoms with van der Waals surface area (Å²) in [7, 11) is 0. The molecule has 2 heterocycles. The molecule has 2 aromatic carbocycles. The summed E-state index contributed by atoms with van der Waals surface area (Å²) in [6, 6.07) is 17.8. The number of pyridine rings is 1. The Morgan fingerprint density at radius 3 is 2.71 bits per heavy atom. The minimum Gasteiger partial charge on any atom is -0.279 e. The molecule has 6 heteroatoms. The number of hydrogen-bond donors (Lipinski definition) is 0. The van der Waals surface area contributed by atoms with Crippen LogP contribution >= 0.6 is 33.9 Å². The standard InChI is InChI=1S/C22H18IN3OS/c1-2-15-9-10-19-20(12-15)28-22(25-19)26(14-16-6-5-11-24-13-16)21(27)17-7-3-4-8-18(17)23/h3-13H,2,14H2,1H3. The lowest BCUT2D eigenvalue weighted by Crippen LogP contribution is -2.31. The number of fused-ring (bicyclic) bond motifs is 1. The molecular weight excluding hydrogens is 481 g/mol. The highest BCUT2D eigenvalue weighted by atomic mass is 127. The van der Waals surface area contributed by atoms with Crippen molar-refractivity contribution < 1.29 is 4.79 Å². The molecule has 0 N–H and O–H groups in total. The van der Waals surface area contributed by atoms with Crippen LogP contribution in [0.3, 0.4) is 0 Å². The predicted octanol–water partition coefficient (Wildman–Crippen LogP) is 5.71. The normalized spacial score (nSPS) is 10.9. The summed E-state index contributed by atoms with van der Waals surface area (Å²) < 4.78 is 2.02. The molecule has 0 saturated carbocycles. The highest BCUT2D eigenvalue weighted by Gasteiger charge is 2.23. The molecule has 0 atom stereocenters. The van der Waals surface area contributed by atoms with Gasteiger partial charge < -0.3 is 0 Å². The van der Waals surface area contributed by atoms with Crippen molar-refractivity contribution in [2.75, 3.05) is 4.90 Å². The molecule has 0 aliphatic heterocycles. The Morgan fingerprint density at radius 2 is 1.96 bits per heavy atom. The van der Waals surface area contributed by atoms with E-state index in [2.05, 4.69) is 46.6 Å². The molecule has 4 nitrogen and oxygen atoms in total. The maximum Gasteiger partial charge on any atom is 0.261 e. The molecular formula is C22H18IN3OS. The van der Waals surface area contributed by atoms with Gasteiger partial charge in [0.1, 0.15) is 0 Å². The highest BCUT2D eigenvalue weighted by Crippen LogP contribution is 2.32. The van der Waals surface area contributed by atoms with Crippen LogP contribution in [0.4, 0.5) is 5.13 Å². The van der Waals surface area contributed by atoms with E-state index in [9.17, 15) is 4.79 Å². The van der Waals surface area contributed by atoms with E-state index in [1.807, 2.05) is 42.5 Å². The van der Waals surface area contributed by atoms with E-state index in [-0.39, 0.29) is 5.91 Å². The second kappa shape index (κ2) is 8.36. The number of halogens is 1. The van der Waals surface area contributed by atoms with Crippen molar-refractivity contribution in [2.24, 2.45) is 0 Å². The average molecular weight is 499 g/mol. The molecule has 0 fully saturated rings. The fraction of sp³-hybridized carbons (Fsp3) is 0.136. The van der Waals surface area contributed by atoms with Crippen molar-refractivity contribution in [3.63, 3.8) is 0 Å². The van der Waals surface area contributed by atoms with E-state index in [1.165, 1.54) is 5.56 Å². The van der Waals surface area contributed by atoms with Gasteiger partial charge in [0.05, 0.1) is 22.3 Å². The number of carbonyl (C=O) groups is 1. The van der Waals surface area contributed by atoms with Crippen molar-refractivity contribution in [3.05, 3.63) is 87.3 Å². The van der Waals surface area contributed by atoms with Crippen molar-refractivity contribution in [3.8, 4) is 0 Å². The molecule has 28 heavy (non-hydrogen) atoms. The van der Waals surface area contributed by atoms with Gasteiger partial charge in [-0.25, -0.2) is 4.98 Å². The van der Waals surface area contributed by atoms with E-state index >= 15 is 0 Å². The number of aromatic nitrogens is 2. The number of hydrogen-bond acceptors (Lipinski definition) is 4. The van der Waals surface area contributed by atoms with Crippen LogP contribution in [0.25, 0.3) is 10.2 Å². The first-order valence-corrected chi connectivity index (χ1v) is 10.9. The van der Waals surface area contributed by atoms with Crippen molar-refractivity contribution >= 4 is 55.2 Å². The monoisotopic (exact) mass is 499 g/mol. The molecule has 0 spiro atoms. The lowest BCUT2D eigenvalue weighted by molar-refractivity contribution is 0.0984. The van der Waals surface area contributed by atoms with Crippen LogP contribution in [0.2, 0.25) is 0 Å². The number of nitrogens with zero attached hydrogens (tertiary/aromatic N) is 3. The molecule has 0 aliphatic rings. The van der Waals surface area contributed by atoms with E-state index in [0.717, 1.165) is 25.8 Å². The Hall–Kier alpha value is -2.32. The number of carbonyl (C=O) groups excluding carboxylic acids is 1. The zero-order valence-corrected chi connectivity index (χ0v) is 18.3. The zero-order valence-electron chi connectivity index (χ0n) is 15.3. The second-order valence-corrected chi connectivity index (χ2v) is 8.56. The maximum atomic E-state index is 13.4. The third-order valence-corrected chi connectivity index (χ3v) is 6.48. The molecule has 1 amide bonds. The van der Waals surface area contributed by atoms with E-state index < -0.39 is 0 Å². The largest absolute Gasteiger partial charge is 0.279 e. The van der Waals surface area contributed by atoms with Gasteiger partial charge >= 0.3 is 0 Å². The molecule has 0 bridgehead atoms. The third-order valence-electron chi connectivity index (χ3n) is 4.49. The van der Waals surface area contributed by atoms with Crippen molar-refractivity contribution in [2.45, 2.75) is 19.9 Å². The first-order chi connectivity index (χ1) is 13.7. The summed E-state index contributed by atoms with van der Waals surface area (Å²) in [5.74, 6) is -0.0522. The fourth-order valence-corrected chi connectivity index (χ4v) is 4.62. The Bertz CT molecular complexity index is 1130. The van der Waals surface area contributed by atoms with Crippen LogP contribution in [-0.2, 0) is 13.0 Å². The quantitative estimate of drug-likeness (QED) is 0.331. The summed E-state index contributed by atoms with van der Waals surface area (Å²) in [6.45, 7) is 2.57. The molecule has 4 aromatic rings. The number of rotatable bonds is 5. The topological polar surface area (TPSA) is 46.1 Å². The van der Waals surface area contributed by atoms with Crippen LogP contribution in [0, 0.1) is 3.57 Å². The van der Waals surface area contributed by atoms with E-state index in [4.69, 9.17) is 4.98 Å². The van der Waals surface area contributed by atoms with Crippen molar-refractivity contribution in [1.29, 1.82) is 0 Å². The molecule has 2 aromatic heterocycles. The molecule has 4 rings (SSSR count). The van der Waals surface area contributed by atoms with Gasteiger partial charge in [-0.2, -0.15) is 0 Å². The van der Waals surface area contributed by atoms with Gasteiger partial charge in [-0.3, -0.25) is 14.7 Å². The summed E-state index contributed by atoms with van der Waals surface area (Å²) in [6.07, 6.45) is 4.50. The number of benzene rings is 2. The Kier molecular flexibility index (Phi) is 5.68. The van der Waals surface area contributed by atoms with Crippen LogP contribution in [0.15, 0.2) is 67.0 Å². The molecule has 140 valence electrons. The SMILES string of the molecule is CCc1ccc2nc(N(Cc3cccnc3)C(=O)c3ccccc3I)sc2c1. The number of anilines is 1. The zero-order chi connectivity index (χ0) is 19.5. The lowest BCUT2D eigenvalue weighted by Gasteiger charge is -2.20. The van der Waals surface area contributed by atoms with E-state index in [1.54, 1.807) is 28.6 Å². The summed E-state index contributed by atoms with van der Waals surface area (Å²) in [5.41, 5.74) is 3.84. The number of aryl methyl sites for hydroxylation is 1. The smallest absolute Gasteiger partial charge is 0.261 e. The first-order valence-electron chi connectivity index (χ1n) is 9.00. The van der Waals surface area contributed by atoms with Crippen molar-refractivity contribution in [1.82, 2.24) is 9.97 Å². The maximum absolute atomic E-state index is 13.4. The van der Waals surface area contributed by atoms with Crippen LogP contribution in [0.1, 0.15) is 28.4 Å². The van der Waals surface area contributed by atoms with Crippen LogP contribution in [-0.4, -0.2) is 15.9 Å². The van der Waals surface area contributed by atoms with Crippen LogP contribution < -0.4 is 4.90 Å². The van der Waals surface area contributed by atoms with Gasteiger partial charge in [-0.05, 0) is 70.5 Å². The number of amides is 1. The van der Waals surface area contributed by atoms with Gasteiger partial charge in [-0.15, -0.1) is 0 Å². The Balaban J connectivity index is 1.78. The summed E-state index contributed by atoms with van der Waals surface area (Å²) >= 11 is 3.76. The lowest BCUT2D eigenvalue weighted by atomic mass is 10.2. The molecule has 0 radical (unpaired) electrons. The molecule has 0 aliphatic carbocycles. The average Bonchev–Trinajstić information content (AvgIpc) is 3.15. The highest BCUT2D eigenvalue weighted by molar-refractivity contribution is 14.1. The molecule has 0 unspecified atom stereocenters. The van der Waals surface area contributed by atoms with Gasteiger partial charge in [0.25, 0.3) is 5.91 Å². The predicted molar refractivity (Wildman–Crippen MR) is 123 cm³/mol. The number of thiazole rings is 1. The second-order valence-electron chi connectivity index (χ2n) is 6.38. The fourth-order valence-electron chi connectivity index (χ4n) is 2.97. The van der Waals surface area contributed by atoms with Gasteiger partial charge in [0.15, 0.2) is 5.13 Å². The minimum absolute atomic E-state index is 0.0522. The minimum atomic E-state index is -0.0522. The van der Waals surface area contributed by atoms with Crippen LogP contribution in [0.5, 0.6) is 0 Å². The third kappa shape index (κ3) is 3.93.